The molecule has 6 nitrogen and oxygen atoms in total. The van der Waals surface area contributed by atoms with E-state index in [9.17, 15) is 0 Å². The van der Waals surface area contributed by atoms with Crippen LogP contribution < -0.4 is 20.1 Å². The molecule has 0 aliphatic rings. The molecule has 2 aromatic carbocycles. The van der Waals surface area contributed by atoms with E-state index in [0.717, 1.165) is 27.7 Å². The van der Waals surface area contributed by atoms with E-state index in [0.29, 0.717) is 24.9 Å². The standard InChI is InChI=1S/C22H26N4O2S.HI/c1-5-28-18-12-11-17(13-19(18)27-4)26-22(23-3)24-14-20-15(2)25-21(29-20)16-9-7-6-8-10-16;/h6-13H,5,14H2,1-4H3,(H2,23,24,26);1H. The van der Waals surface area contributed by atoms with Crippen LogP contribution in [0.1, 0.15) is 17.5 Å². The number of hydrogen-bond acceptors (Lipinski definition) is 5. The van der Waals surface area contributed by atoms with Gasteiger partial charge in [-0.25, -0.2) is 4.98 Å². The lowest BCUT2D eigenvalue weighted by atomic mass is 10.2. The molecule has 0 atom stereocenters. The third-order valence-corrected chi connectivity index (χ3v) is 5.49. The van der Waals surface area contributed by atoms with Gasteiger partial charge in [-0.15, -0.1) is 35.3 Å². The molecule has 2 N–H and O–H groups in total. The Labute approximate surface area is 198 Å². The van der Waals surface area contributed by atoms with Gasteiger partial charge >= 0.3 is 0 Å². The van der Waals surface area contributed by atoms with Gasteiger partial charge in [0.1, 0.15) is 5.01 Å². The van der Waals surface area contributed by atoms with E-state index >= 15 is 0 Å². The van der Waals surface area contributed by atoms with Crippen molar-refractivity contribution in [2.24, 2.45) is 4.99 Å². The maximum atomic E-state index is 5.57. The largest absolute Gasteiger partial charge is 0.493 e. The van der Waals surface area contributed by atoms with Gasteiger partial charge < -0.3 is 20.1 Å². The third kappa shape index (κ3) is 6.09. The first-order valence-electron chi connectivity index (χ1n) is 9.44. The summed E-state index contributed by atoms with van der Waals surface area (Å²) in [5, 5.41) is 7.67. The number of hydrogen-bond donors (Lipinski definition) is 2. The minimum Gasteiger partial charge on any atom is -0.493 e. The summed E-state index contributed by atoms with van der Waals surface area (Å²) >= 11 is 1.69. The number of nitrogens with one attached hydrogen (secondary N) is 2. The highest BCUT2D eigenvalue weighted by Crippen LogP contribution is 2.30. The Bertz CT molecular complexity index is 977. The first-order chi connectivity index (χ1) is 14.1. The van der Waals surface area contributed by atoms with Gasteiger partial charge in [-0.05, 0) is 26.0 Å². The first kappa shape index (κ1) is 23.9. The number of ether oxygens (including phenoxy) is 2. The number of halogens is 1. The average molecular weight is 538 g/mol. The summed E-state index contributed by atoms with van der Waals surface area (Å²) in [4.78, 5) is 10.2. The highest BCUT2D eigenvalue weighted by Gasteiger charge is 2.11. The van der Waals surface area contributed by atoms with Crippen molar-refractivity contribution >= 4 is 47.0 Å². The molecular weight excluding hydrogens is 511 g/mol. The average Bonchev–Trinajstić information content (AvgIpc) is 3.13. The van der Waals surface area contributed by atoms with Crippen molar-refractivity contribution < 1.29 is 9.47 Å². The highest BCUT2D eigenvalue weighted by molar-refractivity contribution is 14.0. The fraction of sp³-hybridized carbons (Fsp3) is 0.273. The maximum absolute atomic E-state index is 5.57. The number of rotatable bonds is 7. The summed E-state index contributed by atoms with van der Waals surface area (Å²) in [6.07, 6.45) is 0. The molecule has 0 saturated heterocycles. The number of guanidine groups is 1. The summed E-state index contributed by atoms with van der Waals surface area (Å²) in [6, 6.07) is 15.9. The molecule has 0 aliphatic carbocycles. The summed E-state index contributed by atoms with van der Waals surface area (Å²) in [5.41, 5.74) is 3.03. The summed E-state index contributed by atoms with van der Waals surface area (Å²) < 4.78 is 11.0. The molecule has 0 aliphatic heterocycles. The molecule has 0 bridgehead atoms. The van der Waals surface area contributed by atoms with Crippen molar-refractivity contribution in [2.75, 3.05) is 26.1 Å². The second-order valence-electron chi connectivity index (χ2n) is 6.24. The summed E-state index contributed by atoms with van der Waals surface area (Å²) in [6.45, 7) is 5.21. The molecule has 0 saturated carbocycles. The van der Waals surface area contributed by atoms with Gasteiger partial charge in [-0.2, -0.15) is 0 Å². The Morgan fingerprint density at radius 1 is 1.13 bits per heavy atom. The van der Waals surface area contributed by atoms with Crippen molar-refractivity contribution in [3.8, 4) is 22.1 Å². The monoisotopic (exact) mass is 538 g/mol. The Morgan fingerprint density at radius 2 is 1.90 bits per heavy atom. The third-order valence-electron chi connectivity index (χ3n) is 4.28. The van der Waals surface area contributed by atoms with Crippen LogP contribution in [0.15, 0.2) is 53.5 Å². The predicted octanol–water partition coefficient (Wildman–Crippen LogP) is 5.33. The van der Waals surface area contributed by atoms with Gasteiger partial charge in [0.2, 0.25) is 0 Å². The Morgan fingerprint density at radius 3 is 2.57 bits per heavy atom. The van der Waals surface area contributed by atoms with Crippen molar-refractivity contribution in [3.63, 3.8) is 0 Å². The zero-order chi connectivity index (χ0) is 20.6. The zero-order valence-electron chi connectivity index (χ0n) is 17.6. The van der Waals surface area contributed by atoms with Crippen molar-refractivity contribution in [1.29, 1.82) is 0 Å². The van der Waals surface area contributed by atoms with Gasteiger partial charge in [0.05, 0.1) is 26.0 Å². The van der Waals surface area contributed by atoms with Crippen LogP contribution in [0.5, 0.6) is 11.5 Å². The number of thiazole rings is 1. The zero-order valence-corrected chi connectivity index (χ0v) is 20.7. The van der Waals surface area contributed by atoms with Crippen LogP contribution in [0.3, 0.4) is 0 Å². The molecule has 0 radical (unpaired) electrons. The molecule has 3 rings (SSSR count). The number of nitrogens with zero attached hydrogens (tertiary/aromatic N) is 2. The normalized spacial score (nSPS) is 10.9. The van der Waals surface area contributed by atoms with Crippen LogP contribution in [0, 0.1) is 6.92 Å². The van der Waals surface area contributed by atoms with E-state index in [1.54, 1.807) is 25.5 Å². The predicted molar refractivity (Wildman–Crippen MR) is 136 cm³/mol. The van der Waals surface area contributed by atoms with E-state index in [2.05, 4.69) is 27.8 Å². The smallest absolute Gasteiger partial charge is 0.195 e. The van der Waals surface area contributed by atoms with Crippen LogP contribution in [0.4, 0.5) is 5.69 Å². The molecule has 8 heteroatoms. The van der Waals surface area contributed by atoms with Crippen LogP contribution in [0.25, 0.3) is 10.6 Å². The van der Waals surface area contributed by atoms with E-state index in [4.69, 9.17) is 14.5 Å². The fourth-order valence-corrected chi connectivity index (χ4v) is 3.80. The molecule has 0 fully saturated rings. The van der Waals surface area contributed by atoms with Gasteiger partial charge in [0.15, 0.2) is 17.5 Å². The quantitative estimate of drug-likeness (QED) is 0.242. The lowest BCUT2D eigenvalue weighted by molar-refractivity contribution is 0.311. The van der Waals surface area contributed by atoms with Crippen LogP contribution >= 0.6 is 35.3 Å². The fourth-order valence-electron chi connectivity index (χ4n) is 2.80. The van der Waals surface area contributed by atoms with Gasteiger partial charge in [-0.3, -0.25) is 4.99 Å². The molecular formula is C22H27IN4O2S. The maximum Gasteiger partial charge on any atom is 0.195 e. The van der Waals surface area contributed by atoms with Crippen molar-refractivity contribution in [1.82, 2.24) is 10.3 Å². The summed E-state index contributed by atoms with van der Waals surface area (Å²) in [5.74, 6) is 2.07. The number of methoxy groups -OCH3 is 1. The summed E-state index contributed by atoms with van der Waals surface area (Å²) in [7, 11) is 3.38. The number of aryl methyl sites for hydroxylation is 1. The lowest BCUT2D eigenvalue weighted by Gasteiger charge is -2.14. The Balaban J connectivity index is 0.00000320. The van der Waals surface area contributed by atoms with Gasteiger partial charge in [0.25, 0.3) is 0 Å². The topological polar surface area (TPSA) is 67.8 Å². The SMILES string of the molecule is CCOc1ccc(NC(=NC)NCc2sc(-c3ccccc3)nc2C)cc1OC.I. The molecule has 0 unspecified atom stereocenters. The minimum absolute atomic E-state index is 0. The van der Waals surface area contributed by atoms with E-state index in [-0.39, 0.29) is 24.0 Å². The van der Waals surface area contributed by atoms with Gasteiger partial charge in [0, 0.05) is 29.2 Å². The molecule has 160 valence electrons. The molecule has 30 heavy (non-hydrogen) atoms. The van der Waals surface area contributed by atoms with E-state index in [1.807, 2.05) is 50.2 Å². The van der Waals surface area contributed by atoms with Crippen molar-refractivity contribution in [2.45, 2.75) is 20.4 Å². The second kappa shape index (κ2) is 11.8. The number of anilines is 1. The molecule has 3 aromatic rings. The molecule has 0 spiro atoms. The van der Waals surface area contributed by atoms with Crippen LogP contribution in [-0.2, 0) is 6.54 Å². The number of aliphatic imine (C=N–C) groups is 1. The van der Waals surface area contributed by atoms with E-state index < -0.39 is 0 Å². The Kier molecular flexibility index (Phi) is 9.38. The van der Waals surface area contributed by atoms with Gasteiger partial charge in [-0.1, -0.05) is 30.3 Å². The molecule has 1 heterocycles. The Hall–Kier alpha value is -2.33. The van der Waals surface area contributed by atoms with Crippen molar-refractivity contribution in [3.05, 3.63) is 59.1 Å². The number of aromatic nitrogens is 1. The molecule has 1 aromatic heterocycles. The highest BCUT2D eigenvalue weighted by atomic mass is 127. The lowest BCUT2D eigenvalue weighted by Crippen LogP contribution is -2.30. The first-order valence-corrected chi connectivity index (χ1v) is 10.3. The van der Waals surface area contributed by atoms with Crippen LogP contribution in [0.2, 0.25) is 0 Å². The molecule has 0 amide bonds. The minimum atomic E-state index is 0. The number of benzene rings is 2. The second-order valence-corrected chi connectivity index (χ2v) is 7.33. The van der Waals surface area contributed by atoms with Crippen LogP contribution in [-0.4, -0.2) is 31.7 Å². The van der Waals surface area contributed by atoms with E-state index in [1.165, 1.54) is 4.88 Å².